The molecule has 1 N–H and O–H groups in total. The topological polar surface area (TPSA) is 68.8 Å². The van der Waals surface area contributed by atoms with E-state index in [2.05, 4.69) is 21.3 Å². The zero-order chi connectivity index (χ0) is 19.9. The molecule has 3 rings (SSSR count). The van der Waals surface area contributed by atoms with E-state index in [0.717, 1.165) is 58.3 Å². The molecule has 2 aliphatic heterocycles. The highest BCUT2D eigenvalue weighted by Gasteiger charge is 2.27. The summed E-state index contributed by atoms with van der Waals surface area (Å²) < 4.78 is 0. The van der Waals surface area contributed by atoms with Crippen molar-refractivity contribution >= 4 is 11.9 Å². The quantitative estimate of drug-likeness (QED) is 0.833. The average molecular weight is 388 g/mol. The van der Waals surface area contributed by atoms with Gasteiger partial charge in [0.25, 0.3) is 0 Å². The fourth-order valence-electron chi connectivity index (χ4n) is 4.03. The molecule has 0 aliphatic carbocycles. The van der Waals surface area contributed by atoms with Crippen LogP contribution in [-0.2, 0) is 11.2 Å². The lowest BCUT2D eigenvalue weighted by atomic mass is 9.91. The first-order valence-corrected chi connectivity index (χ1v) is 10.4. The number of likely N-dealkylation sites (N-methyl/N-ethyl adjacent to an activating group) is 1. The van der Waals surface area contributed by atoms with Crippen molar-refractivity contribution in [2.45, 2.75) is 38.1 Å². The van der Waals surface area contributed by atoms with Gasteiger partial charge in [0, 0.05) is 58.7 Å². The molecule has 3 amide bonds. The highest BCUT2D eigenvalue weighted by atomic mass is 16.2. The van der Waals surface area contributed by atoms with Gasteiger partial charge in [-0.2, -0.15) is 0 Å². The number of amides is 3. The normalized spacial score (nSPS) is 19.4. The second-order valence-electron chi connectivity index (χ2n) is 8.28. The highest BCUT2D eigenvalue weighted by molar-refractivity contribution is 5.77. The zero-order valence-corrected chi connectivity index (χ0v) is 17.1. The summed E-state index contributed by atoms with van der Waals surface area (Å²) in [4.78, 5) is 34.4. The molecule has 1 aromatic heterocycles. The Hall–Kier alpha value is -2.15. The summed E-state index contributed by atoms with van der Waals surface area (Å²) in [6, 6.07) is 4.40. The molecule has 0 radical (unpaired) electrons. The smallest absolute Gasteiger partial charge is 0.317 e. The summed E-state index contributed by atoms with van der Waals surface area (Å²) in [5, 5.41) is 3.20. The third-order valence-electron chi connectivity index (χ3n) is 5.92. The van der Waals surface area contributed by atoms with Crippen molar-refractivity contribution < 1.29 is 9.59 Å². The molecule has 0 aromatic carbocycles. The van der Waals surface area contributed by atoms with E-state index >= 15 is 0 Å². The number of rotatable bonds is 5. The summed E-state index contributed by atoms with van der Waals surface area (Å²) in [6.45, 7) is 3.84. The van der Waals surface area contributed by atoms with Crippen LogP contribution in [0.3, 0.4) is 0 Å². The molecule has 2 saturated heterocycles. The number of nitrogens with one attached hydrogen (secondary N) is 1. The Labute approximate surface area is 168 Å². The van der Waals surface area contributed by atoms with Crippen molar-refractivity contribution in [3.8, 4) is 0 Å². The molecule has 2 aliphatic rings. The van der Waals surface area contributed by atoms with Crippen molar-refractivity contribution in [3.63, 3.8) is 0 Å². The van der Waals surface area contributed by atoms with E-state index in [1.54, 1.807) is 25.2 Å². The van der Waals surface area contributed by atoms with E-state index in [4.69, 9.17) is 0 Å². The molecule has 0 unspecified atom stereocenters. The fourth-order valence-corrected chi connectivity index (χ4v) is 4.03. The molecule has 0 bridgehead atoms. The van der Waals surface area contributed by atoms with Crippen LogP contribution >= 0.6 is 0 Å². The Morgan fingerprint density at radius 2 is 1.86 bits per heavy atom. The third kappa shape index (κ3) is 5.92. The Morgan fingerprint density at radius 3 is 2.46 bits per heavy atom. The molecule has 0 atom stereocenters. The van der Waals surface area contributed by atoms with Gasteiger partial charge >= 0.3 is 6.03 Å². The fraction of sp³-hybridized carbons (Fsp3) is 0.667. The van der Waals surface area contributed by atoms with Gasteiger partial charge in [0.05, 0.1) is 6.54 Å². The van der Waals surface area contributed by atoms with Gasteiger partial charge in [-0.3, -0.25) is 14.7 Å². The molecular weight excluding hydrogens is 354 g/mol. The van der Waals surface area contributed by atoms with E-state index in [1.165, 1.54) is 5.56 Å². The second-order valence-corrected chi connectivity index (χ2v) is 8.28. The van der Waals surface area contributed by atoms with Gasteiger partial charge in [0.2, 0.25) is 5.91 Å². The van der Waals surface area contributed by atoms with Crippen LogP contribution in [0.4, 0.5) is 4.79 Å². The van der Waals surface area contributed by atoms with E-state index in [0.29, 0.717) is 12.5 Å². The molecule has 2 fully saturated rings. The maximum atomic E-state index is 12.6. The SMILES string of the molecule is CN(C)C(=O)CN1CCC(NC(=O)N2CCC(Cc3cccnc3)CC2)CC1. The first-order valence-electron chi connectivity index (χ1n) is 10.4. The first-order chi connectivity index (χ1) is 13.5. The predicted molar refractivity (Wildman–Crippen MR) is 109 cm³/mol. The van der Waals surface area contributed by atoms with E-state index < -0.39 is 0 Å². The van der Waals surface area contributed by atoms with Crippen LogP contribution in [0.2, 0.25) is 0 Å². The van der Waals surface area contributed by atoms with Crippen molar-refractivity contribution in [2.24, 2.45) is 5.92 Å². The van der Waals surface area contributed by atoms with Crippen LogP contribution in [0.15, 0.2) is 24.5 Å². The Balaban J connectivity index is 1.35. The molecule has 0 saturated carbocycles. The number of hydrogen-bond acceptors (Lipinski definition) is 4. The lowest BCUT2D eigenvalue weighted by Gasteiger charge is -2.36. The first kappa shape index (κ1) is 20.6. The van der Waals surface area contributed by atoms with E-state index in [9.17, 15) is 9.59 Å². The summed E-state index contributed by atoms with van der Waals surface area (Å²) in [7, 11) is 3.57. The van der Waals surface area contributed by atoms with Crippen LogP contribution in [0.25, 0.3) is 0 Å². The summed E-state index contributed by atoms with van der Waals surface area (Å²) in [5.74, 6) is 0.766. The van der Waals surface area contributed by atoms with Gasteiger partial charge in [-0.05, 0) is 49.7 Å². The van der Waals surface area contributed by atoms with Crippen LogP contribution in [0, 0.1) is 5.92 Å². The molecule has 154 valence electrons. The molecule has 7 heteroatoms. The maximum Gasteiger partial charge on any atom is 0.317 e. The molecular formula is C21H33N5O2. The lowest BCUT2D eigenvalue weighted by molar-refractivity contribution is -0.130. The van der Waals surface area contributed by atoms with Gasteiger partial charge in [-0.1, -0.05) is 6.07 Å². The number of pyridine rings is 1. The Kier molecular flexibility index (Phi) is 7.25. The summed E-state index contributed by atoms with van der Waals surface area (Å²) in [5.41, 5.74) is 1.28. The summed E-state index contributed by atoms with van der Waals surface area (Å²) in [6.07, 6.45) is 8.71. The van der Waals surface area contributed by atoms with Crippen LogP contribution in [-0.4, -0.2) is 84.5 Å². The van der Waals surface area contributed by atoms with Crippen molar-refractivity contribution in [1.29, 1.82) is 0 Å². The van der Waals surface area contributed by atoms with Gasteiger partial charge < -0.3 is 15.1 Å². The number of likely N-dealkylation sites (tertiary alicyclic amines) is 2. The minimum Gasteiger partial charge on any atom is -0.348 e. The van der Waals surface area contributed by atoms with Gasteiger partial charge in [-0.15, -0.1) is 0 Å². The zero-order valence-electron chi connectivity index (χ0n) is 17.1. The lowest BCUT2D eigenvalue weighted by Crippen LogP contribution is -2.51. The predicted octanol–water partition coefficient (Wildman–Crippen LogP) is 1.60. The largest absolute Gasteiger partial charge is 0.348 e. The Bertz CT molecular complexity index is 635. The number of carbonyl (C=O) groups excluding carboxylic acids is 2. The van der Waals surface area contributed by atoms with Crippen molar-refractivity contribution in [3.05, 3.63) is 30.1 Å². The number of urea groups is 1. The number of nitrogens with zero attached hydrogens (tertiary/aromatic N) is 4. The highest BCUT2D eigenvalue weighted by Crippen LogP contribution is 2.21. The van der Waals surface area contributed by atoms with Crippen molar-refractivity contribution in [1.82, 2.24) is 25.0 Å². The summed E-state index contributed by atoms with van der Waals surface area (Å²) >= 11 is 0. The number of hydrogen-bond donors (Lipinski definition) is 1. The number of piperidine rings is 2. The molecule has 0 spiro atoms. The van der Waals surface area contributed by atoms with E-state index in [-0.39, 0.29) is 18.0 Å². The van der Waals surface area contributed by atoms with Crippen molar-refractivity contribution in [2.75, 3.05) is 46.8 Å². The van der Waals surface area contributed by atoms with Gasteiger partial charge in [-0.25, -0.2) is 4.79 Å². The maximum absolute atomic E-state index is 12.6. The van der Waals surface area contributed by atoms with Gasteiger partial charge in [0.1, 0.15) is 0 Å². The average Bonchev–Trinajstić information content (AvgIpc) is 2.70. The second kappa shape index (κ2) is 9.87. The molecule has 3 heterocycles. The van der Waals surface area contributed by atoms with Crippen LogP contribution in [0.5, 0.6) is 0 Å². The number of aromatic nitrogens is 1. The Morgan fingerprint density at radius 1 is 1.14 bits per heavy atom. The molecule has 1 aromatic rings. The minimum absolute atomic E-state index is 0.0719. The van der Waals surface area contributed by atoms with Crippen LogP contribution in [0.1, 0.15) is 31.2 Å². The monoisotopic (exact) mass is 387 g/mol. The van der Waals surface area contributed by atoms with E-state index in [1.807, 2.05) is 17.2 Å². The molecule has 28 heavy (non-hydrogen) atoms. The molecule has 7 nitrogen and oxygen atoms in total. The minimum atomic E-state index is 0.0719. The number of carbonyl (C=O) groups is 2. The third-order valence-corrected chi connectivity index (χ3v) is 5.92. The standard InChI is InChI=1S/C21H33N5O2/c1-24(2)20(27)16-25-10-7-19(8-11-25)23-21(28)26-12-5-17(6-13-26)14-18-4-3-9-22-15-18/h3-4,9,15,17,19H,5-8,10-14,16H2,1-2H3,(H,23,28). The van der Waals surface area contributed by atoms with Gasteiger partial charge in [0.15, 0.2) is 0 Å². The van der Waals surface area contributed by atoms with Crippen LogP contribution < -0.4 is 5.32 Å².